The first kappa shape index (κ1) is 22.4. The first-order valence-electron chi connectivity index (χ1n) is 8.09. The molecule has 0 atom stereocenters. The Balaban J connectivity index is 2.44. The van der Waals surface area contributed by atoms with Gasteiger partial charge in [-0.2, -0.15) is 8.42 Å². The van der Waals surface area contributed by atoms with E-state index in [1.165, 1.54) is 27.7 Å². The Morgan fingerprint density at radius 2 is 1.96 bits per heavy atom. The van der Waals surface area contributed by atoms with Gasteiger partial charge in [0.2, 0.25) is 0 Å². The molecule has 0 saturated heterocycles. The van der Waals surface area contributed by atoms with Gasteiger partial charge in [-0.15, -0.1) is 0 Å². The van der Waals surface area contributed by atoms with E-state index in [0.29, 0.717) is 0 Å². The van der Waals surface area contributed by atoms with Gasteiger partial charge in [-0.3, -0.25) is 14.0 Å². The third-order valence-electron chi connectivity index (χ3n) is 3.16. The first-order chi connectivity index (χ1) is 12.8. The van der Waals surface area contributed by atoms with Crippen molar-refractivity contribution in [1.29, 1.82) is 0 Å². The topological polar surface area (TPSA) is 112 Å². The molecule has 1 aromatic rings. The van der Waals surface area contributed by atoms with Gasteiger partial charge in [-0.25, -0.2) is 18.0 Å². The Kier molecular flexibility index (Phi) is 9.26. The SMILES string of the molecule is C=CN(CCOS(=O)(=O)OCCn1ccn(/C=C/C)c1=O)C(=O)N/C=C/C. The smallest absolute Gasteiger partial charge is 0.315 e. The molecule has 2 amide bonds. The summed E-state index contributed by atoms with van der Waals surface area (Å²) in [7, 11) is -4.26. The van der Waals surface area contributed by atoms with Crippen molar-refractivity contribution in [2.75, 3.05) is 19.8 Å². The van der Waals surface area contributed by atoms with Gasteiger partial charge in [0, 0.05) is 31.0 Å². The standard InChI is InChI=1S/C16H24N4O6S/c1-4-7-17-15(21)18(6-3)11-13-25-27(23,24)26-14-12-20-10-9-19(8-5-2)16(20)22/h4-10H,3,11-14H2,1-2H3,(H,17,21)/b7-4+,8-5+. The number of urea groups is 1. The highest BCUT2D eigenvalue weighted by molar-refractivity contribution is 7.81. The van der Waals surface area contributed by atoms with Crippen molar-refractivity contribution in [1.82, 2.24) is 19.4 Å². The lowest BCUT2D eigenvalue weighted by atomic mass is 10.6. The van der Waals surface area contributed by atoms with Crippen LogP contribution in [0, 0.1) is 0 Å². The van der Waals surface area contributed by atoms with E-state index in [4.69, 9.17) is 4.18 Å². The van der Waals surface area contributed by atoms with Crippen LogP contribution < -0.4 is 11.0 Å². The van der Waals surface area contributed by atoms with E-state index in [0.717, 1.165) is 4.90 Å². The maximum Gasteiger partial charge on any atom is 0.399 e. The molecule has 0 fully saturated rings. The minimum absolute atomic E-state index is 0.0382. The molecule has 0 aliphatic carbocycles. The molecular weight excluding hydrogens is 376 g/mol. The highest BCUT2D eigenvalue weighted by Crippen LogP contribution is 1.99. The van der Waals surface area contributed by atoms with E-state index in [1.54, 1.807) is 38.4 Å². The summed E-state index contributed by atoms with van der Waals surface area (Å²) in [6, 6.07) is -0.477. The predicted molar refractivity (Wildman–Crippen MR) is 101 cm³/mol. The number of carbonyl (C=O) groups is 1. The average molecular weight is 400 g/mol. The zero-order valence-electron chi connectivity index (χ0n) is 15.3. The van der Waals surface area contributed by atoms with Crippen molar-refractivity contribution >= 4 is 22.6 Å². The second-order valence-corrected chi connectivity index (χ2v) is 6.33. The van der Waals surface area contributed by atoms with Gasteiger partial charge < -0.3 is 5.32 Å². The van der Waals surface area contributed by atoms with Gasteiger partial charge in [0.1, 0.15) is 0 Å². The van der Waals surface area contributed by atoms with Gasteiger partial charge in [0.05, 0.1) is 26.3 Å². The molecular formula is C16H24N4O6S. The molecule has 0 aliphatic heterocycles. The van der Waals surface area contributed by atoms with E-state index >= 15 is 0 Å². The Morgan fingerprint density at radius 3 is 2.59 bits per heavy atom. The summed E-state index contributed by atoms with van der Waals surface area (Å²) < 4.78 is 35.5. The molecule has 1 rings (SSSR count). The van der Waals surface area contributed by atoms with Crippen LogP contribution in [0.3, 0.4) is 0 Å². The average Bonchev–Trinajstić information content (AvgIpc) is 2.97. The van der Waals surface area contributed by atoms with Crippen LogP contribution in [0.5, 0.6) is 0 Å². The number of hydrogen-bond donors (Lipinski definition) is 1. The van der Waals surface area contributed by atoms with Crippen LogP contribution in [0.15, 0.2) is 48.3 Å². The normalized spacial score (nSPS) is 11.9. The zero-order valence-corrected chi connectivity index (χ0v) is 16.1. The molecule has 11 heteroatoms. The lowest BCUT2D eigenvalue weighted by Gasteiger charge is -2.17. The summed E-state index contributed by atoms with van der Waals surface area (Å²) in [5.41, 5.74) is -0.316. The van der Waals surface area contributed by atoms with Crippen LogP contribution in [0.1, 0.15) is 13.8 Å². The quantitative estimate of drug-likeness (QED) is 0.595. The molecule has 0 spiro atoms. The molecule has 0 unspecified atom stereocenters. The fourth-order valence-corrected chi connectivity index (χ4v) is 2.52. The van der Waals surface area contributed by atoms with Gasteiger partial charge in [-0.1, -0.05) is 18.7 Å². The number of imidazole rings is 1. The molecule has 0 aromatic carbocycles. The molecule has 10 nitrogen and oxygen atoms in total. The fourth-order valence-electron chi connectivity index (χ4n) is 1.90. The monoisotopic (exact) mass is 400 g/mol. The molecule has 1 aromatic heterocycles. The predicted octanol–water partition coefficient (Wildman–Crippen LogP) is 1.11. The van der Waals surface area contributed by atoms with Crippen molar-refractivity contribution < 1.29 is 21.6 Å². The third kappa shape index (κ3) is 7.64. The fraction of sp³-hybridized carbons (Fsp3) is 0.375. The number of rotatable bonds is 11. The summed E-state index contributed by atoms with van der Waals surface area (Å²) in [5.74, 6) is 0. The number of amides is 2. The van der Waals surface area contributed by atoms with Crippen molar-refractivity contribution in [2.24, 2.45) is 0 Å². The Bertz CT molecular complexity index is 837. The molecule has 27 heavy (non-hydrogen) atoms. The summed E-state index contributed by atoms with van der Waals surface area (Å²) in [6.45, 7) is 6.40. The van der Waals surface area contributed by atoms with E-state index < -0.39 is 16.4 Å². The molecule has 0 saturated carbocycles. The van der Waals surface area contributed by atoms with Crippen LogP contribution in [0.25, 0.3) is 6.20 Å². The lowest BCUT2D eigenvalue weighted by molar-refractivity contribution is 0.185. The van der Waals surface area contributed by atoms with Gasteiger partial charge in [0.25, 0.3) is 0 Å². The van der Waals surface area contributed by atoms with E-state index in [1.807, 2.05) is 0 Å². The van der Waals surface area contributed by atoms with E-state index in [-0.39, 0.29) is 32.0 Å². The number of hydrogen-bond acceptors (Lipinski definition) is 6. The summed E-state index contributed by atoms with van der Waals surface area (Å²) >= 11 is 0. The van der Waals surface area contributed by atoms with Crippen molar-refractivity contribution in [3.8, 4) is 0 Å². The number of allylic oxidation sites excluding steroid dienone is 2. The van der Waals surface area contributed by atoms with Crippen molar-refractivity contribution in [2.45, 2.75) is 20.4 Å². The molecule has 1 heterocycles. The summed E-state index contributed by atoms with van der Waals surface area (Å²) in [6.07, 6.45) is 10.7. The van der Waals surface area contributed by atoms with Gasteiger partial charge >= 0.3 is 22.1 Å². The number of nitrogens with one attached hydrogen (secondary N) is 1. The highest BCUT2D eigenvalue weighted by atomic mass is 32.3. The Morgan fingerprint density at radius 1 is 1.26 bits per heavy atom. The number of aromatic nitrogens is 2. The third-order valence-corrected chi connectivity index (χ3v) is 4.07. The Hall–Kier alpha value is -2.63. The molecule has 0 radical (unpaired) electrons. The van der Waals surface area contributed by atoms with Crippen LogP contribution in [-0.2, 0) is 25.3 Å². The minimum atomic E-state index is -4.26. The number of carbonyl (C=O) groups excluding carboxylic acids is 1. The lowest BCUT2D eigenvalue weighted by Crippen LogP contribution is -2.36. The van der Waals surface area contributed by atoms with E-state index in [9.17, 15) is 18.0 Å². The second-order valence-electron chi connectivity index (χ2n) is 5.04. The maximum atomic E-state index is 11.9. The first-order valence-corrected chi connectivity index (χ1v) is 9.42. The largest absolute Gasteiger partial charge is 0.399 e. The van der Waals surface area contributed by atoms with Gasteiger partial charge in [0.15, 0.2) is 0 Å². The van der Waals surface area contributed by atoms with Crippen LogP contribution in [0.4, 0.5) is 4.79 Å². The molecule has 0 bridgehead atoms. The molecule has 0 aliphatic rings. The van der Waals surface area contributed by atoms with E-state index in [2.05, 4.69) is 16.1 Å². The maximum absolute atomic E-state index is 11.9. The van der Waals surface area contributed by atoms with Crippen molar-refractivity contribution in [3.05, 3.63) is 54.0 Å². The summed E-state index contributed by atoms with van der Waals surface area (Å²) in [5, 5.41) is 2.46. The zero-order chi connectivity index (χ0) is 20.3. The minimum Gasteiger partial charge on any atom is -0.315 e. The van der Waals surface area contributed by atoms with Crippen LogP contribution >= 0.6 is 0 Å². The molecule has 150 valence electrons. The second kappa shape index (κ2) is 11.2. The van der Waals surface area contributed by atoms with Crippen LogP contribution in [-0.4, -0.2) is 48.2 Å². The highest BCUT2D eigenvalue weighted by Gasteiger charge is 2.15. The number of nitrogens with zero attached hydrogens (tertiary/aromatic N) is 3. The molecule has 1 N–H and O–H groups in total. The van der Waals surface area contributed by atoms with Gasteiger partial charge in [-0.05, 0) is 13.8 Å². The Labute approximate surface area is 158 Å². The van der Waals surface area contributed by atoms with Crippen LogP contribution in [0.2, 0.25) is 0 Å². The van der Waals surface area contributed by atoms with Crippen molar-refractivity contribution in [3.63, 3.8) is 0 Å². The summed E-state index contributed by atoms with van der Waals surface area (Å²) in [4.78, 5) is 24.8.